The van der Waals surface area contributed by atoms with Crippen LogP contribution in [0.2, 0.25) is 0 Å². The molecule has 2 aliphatic rings. The van der Waals surface area contributed by atoms with Gasteiger partial charge in [-0.1, -0.05) is 12.1 Å². The topological polar surface area (TPSA) is 74.1 Å². The van der Waals surface area contributed by atoms with Crippen molar-refractivity contribution < 1.29 is 14.0 Å². The summed E-state index contributed by atoms with van der Waals surface area (Å²) in [4.78, 5) is 23.4. The number of primary amides is 1. The normalized spacial score (nSPS) is 17.9. The molecule has 0 atom stereocenters. The summed E-state index contributed by atoms with van der Waals surface area (Å²) in [5.74, 6) is -0.155. The van der Waals surface area contributed by atoms with Crippen molar-refractivity contribution in [2.45, 2.75) is 19.5 Å². The first kappa shape index (κ1) is 21.5. The molecule has 2 heterocycles. The summed E-state index contributed by atoms with van der Waals surface area (Å²) in [5.41, 5.74) is 12.1. The van der Waals surface area contributed by atoms with Crippen LogP contribution in [0.1, 0.15) is 16.7 Å². The monoisotopic (exact) mass is 427 g/mol. The van der Waals surface area contributed by atoms with Gasteiger partial charge in [0.2, 0.25) is 5.91 Å². The molecule has 0 aliphatic carbocycles. The molecule has 0 saturated carbocycles. The van der Waals surface area contributed by atoms with Gasteiger partial charge in [-0.25, -0.2) is 9.87 Å². The van der Waals surface area contributed by atoms with Gasteiger partial charge in [0.15, 0.2) is 5.75 Å². The highest BCUT2D eigenvalue weighted by Gasteiger charge is 2.18. The van der Waals surface area contributed by atoms with Crippen LogP contribution >= 0.6 is 0 Å². The van der Waals surface area contributed by atoms with Crippen molar-refractivity contribution in [3.8, 4) is 5.75 Å². The average molecular weight is 428 g/mol. The number of halogens is 1. The number of fused-ring (bicyclic) bond motifs is 1. The number of carbonyl (C=O) groups excluding carboxylic acids is 1. The second kappa shape index (κ2) is 9.64. The zero-order chi connectivity index (χ0) is 21.8. The molecule has 2 aromatic carbocycles. The predicted octanol–water partition coefficient (Wildman–Crippen LogP) is 1.82. The first-order valence-electron chi connectivity index (χ1n) is 10.7. The first-order valence-corrected chi connectivity index (χ1v) is 10.7. The van der Waals surface area contributed by atoms with Gasteiger partial charge in [0, 0.05) is 57.4 Å². The molecule has 0 radical (unpaired) electrons. The zero-order valence-electron chi connectivity index (χ0n) is 17.9. The summed E-state index contributed by atoms with van der Waals surface area (Å²) in [5, 5.41) is 0. The third kappa shape index (κ3) is 5.72. The van der Waals surface area contributed by atoms with E-state index in [1.54, 1.807) is 12.1 Å². The number of amides is 1. The molecule has 1 fully saturated rings. The van der Waals surface area contributed by atoms with Gasteiger partial charge in [-0.2, -0.15) is 0 Å². The molecule has 2 aliphatic heterocycles. The van der Waals surface area contributed by atoms with Crippen LogP contribution in [0.5, 0.6) is 5.75 Å². The molecule has 166 valence electrons. The highest BCUT2D eigenvalue weighted by atomic mass is 19.1. The molecule has 0 bridgehead atoms. The Kier molecular flexibility index (Phi) is 6.70. The minimum absolute atomic E-state index is 0.257. The average Bonchev–Trinajstić information content (AvgIpc) is 2.75. The van der Waals surface area contributed by atoms with Crippen LogP contribution in [0.15, 0.2) is 36.4 Å². The minimum Gasteiger partial charge on any atom is -0.382 e. The molecule has 7 nitrogen and oxygen atoms in total. The zero-order valence-corrected chi connectivity index (χ0v) is 17.9. The number of carbonyl (C=O) groups is 1. The van der Waals surface area contributed by atoms with Crippen LogP contribution in [-0.4, -0.2) is 66.9 Å². The molecule has 31 heavy (non-hydrogen) atoms. The van der Waals surface area contributed by atoms with Crippen LogP contribution in [0.25, 0.3) is 0 Å². The van der Waals surface area contributed by atoms with Gasteiger partial charge in [0.25, 0.3) is 0 Å². The molecular weight excluding hydrogens is 397 g/mol. The fourth-order valence-electron chi connectivity index (χ4n) is 4.12. The van der Waals surface area contributed by atoms with E-state index in [1.807, 2.05) is 17.0 Å². The molecule has 8 heteroatoms. The Bertz CT molecular complexity index is 930. The molecule has 0 spiro atoms. The van der Waals surface area contributed by atoms with E-state index in [9.17, 15) is 9.18 Å². The van der Waals surface area contributed by atoms with E-state index < -0.39 is 0 Å². The van der Waals surface area contributed by atoms with Crippen molar-refractivity contribution in [3.63, 3.8) is 0 Å². The van der Waals surface area contributed by atoms with Gasteiger partial charge in [0.1, 0.15) is 5.82 Å². The summed E-state index contributed by atoms with van der Waals surface area (Å²) in [7, 11) is 2.11. The predicted molar refractivity (Wildman–Crippen MR) is 118 cm³/mol. The van der Waals surface area contributed by atoms with Gasteiger partial charge in [-0.3, -0.25) is 14.6 Å². The molecule has 1 amide bonds. The third-order valence-electron chi connectivity index (χ3n) is 5.98. The third-order valence-corrected chi connectivity index (χ3v) is 5.98. The molecule has 2 aromatic rings. The van der Waals surface area contributed by atoms with Crippen molar-refractivity contribution in [2.75, 3.05) is 51.8 Å². The Hall–Kier alpha value is -2.68. The lowest BCUT2D eigenvalue weighted by atomic mass is 9.99. The summed E-state index contributed by atoms with van der Waals surface area (Å²) in [6.07, 6.45) is 0.879. The highest BCUT2D eigenvalue weighted by molar-refractivity contribution is 5.76. The fourth-order valence-corrected chi connectivity index (χ4v) is 4.12. The van der Waals surface area contributed by atoms with E-state index in [-0.39, 0.29) is 18.3 Å². The van der Waals surface area contributed by atoms with Gasteiger partial charge in [0.05, 0.1) is 12.2 Å². The van der Waals surface area contributed by atoms with Crippen LogP contribution in [0.4, 0.5) is 10.1 Å². The largest absolute Gasteiger partial charge is 0.382 e. The van der Waals surface area contributed by atoms with Gasteiger partial charge in [-0.05, 0) is 42.8 Å². The maximum Gasteiger partial charge on any atom is 0.231 e. The molecule has 0 unspecified atom stereocenters. The van der Waals surface area contributed by atoms with Gasteiger partial charge in [-0.15, -0.1) is 0 Å². The standard InChI is InChI=1S/C23H30FN5O2/c1-27-8-10-28(11-9-27)14-18-3-5-21(13-22(18)24)31-26-20-4-2-17-6-7-29(16-23(25)30)15-19(17)12-20/h2-5,12-13,26H,6-11,14-16H2,1H3,(H2,25,30). The number of anilines is 1. The Morgan fingerprint density at radius 1 is 1.06 bits per heavy atom. The molecule has 0 aromatic heterocycles. The van der Waals surface area contributed by atoms with Crippen LogP contribution < -0.4 is 16.1 Å². The minimum atomic E-state index is -0.320. The second-order valence-electron chi connectivity index (χ2n) is 8.45. The molecule has 4 rings (SSSR count). The number of nitrogens with one attached hydrogen (secondary N) is 1. The van der Waals surface area contributed by atoms with Crippen molar-refractivity contribution in [1.29, 1.82) is 0 Å². The number of hydrogen-bond acceptors (Lipinski definition) is 6. The number of hydrogen-bond donors (Lipinski definition) is 2. The van der Waals surface area contributed by atoms with E-state index in [1.165, 1.54) is 11.6 Å². The van der Waals surface area contributed by atoms with Crippen molar-refractivity contribution in [1.82, 2.24) is 14.7 Å². The number of rotatable bonds is 7. The second-order valence-corrected chi connectivity index (χ2v) is 8.45. The maximum absolute atomic E-state index is 14.6. The van der Waals surface area contributed by atoms with E-state index in [2.05, 4.69) is 28.4 Å². The smallest absolute Gasteiger partial charge is 0.231 e. The lowest BCUT2D eigenvalue weighted by Gasteiger charge is -2.32. The molecule has 1 saturated heterocycles. The number of benzene rings is 2. The molecule has 3 N–H and O–H groups in total. The van der Waals surface area contributed by atoms with Crippen LogP contribution in [0, 0.1) is 5.82 Å². The Balaban J connectivity index is 1.34. The van der Waals surface area contributed by atoms with E-state index in [0.717, 1.165) is 50.4 Å². The van der Waals surface area contributed by atoms with Gasteiger partial charge < -0.3 is 15.5 Å². The summed E-state index contributed by atoms with van der Waals surface area (Å²) in [6.45, 7) is 6.27. The van der Waals surface area contributed by atoms with Crippen molar-refractivity contribution >= 4 is 11.6 Å². The quantitative estimate of drug-likeness (QED) is 0.657. The van der Waals surface area contributed by atoms with Crippen LogP contribution in [0.3, 0.4) is 0 Å². The maximum atomic E-state index is 14.6. The lowest BCUT2D eigenvalue weighted by molar-refractivity contribution is -0.119. The van der Waals surface area contributed by atoms with Crippen molar-refractivity contribution in [2.24, 2.45) is 5.73 Å². The van der Waals surface area contributed by atoms with Crippen LogP contribution in [-0.2, 0) is 24.3 Å². The Morgan fingerprint density at radius 2 is 1.87 bits per heavy atom. The van der Waals surface area contributed by atoms with Gasteiger partial charge >= 0.3 is 0 Å². The van der Waals surface area contributed by atoms with E-state index in [4.69, 9.17) is 10.6 Å². The number of nitrogens with two attached hydrogens (primary N) is 1. The number of nitrogens with zero attached hydrogens (tertiary/aromatic N) is 3. The summed E-state index contributed by atoms with van der Waals surface area (Å²) < 4.78 is 14.6. The summed E-state index contributed by atoms with van der Waals surface area (Å²) in [6, 6.07) is 11.0. The SMILES string of the molecule is CN1CCN(Cc2ccc(ONc3ccc4c(c3)CN(CC(N)=O)CC4)cc2F)CC1. The molecular formula is C23H30FN5O2. The summed E-state index contributed by atoms with van der Waals surface area (Å²) >= 11 is 0. The van der Waals surface area contributed by atoms with E-state index >= 15 is 0 Å². The highest BCUT2D eigenvalue weighted by Crippen LogP contribution is 2.24. The van der Waals surface area contributed by atoms with E-state index in [0.29, 0.717) is 24.4 Å². The number of likely N-dealkylation sites (N-methyl/N-ethyl adjacent to an activating group) is 1. The fraction of sp³-hybridized carbons (Fsp3) is 0.435. The van der Waals surface area contributed by atoms with Crippen molar-refractivity contribution in [3.05, 3.63) is 58.9 Å². The Morgan fingerprint density at radius 3 is 2.61 bits per heavy atom. The lowest BCUT2D eigenvalue weighted by Crippen LogP contribution is -2.44. The number of piperazine rings is 1. The Labute approximate surface area is 182 Å². The first-order chi connectivity index (χ1) is 15.0.